The molecule has 5 rings (SSSR count). The molecule has 0 aliphatic heterocycles. The third-order valence-electron chi connectivity index (χ3n) is 5.23. The lowest BCUT2D eigenvalue weighted by atomic mass is 10.1. The number of carbonyl (C=O) groups excluding carboxylic acids is 1. The largest absolute Gasteiger partial charge is 0.444 e. The third-order valence-corrected chi connectivity index (χ3v) is 5.66. The highest BCUT2D eigenvalue weighted by Gasteiger charge is 2.18. The standard InChI is InChI=1S/C22H18BrN7O3/c1-11-4-5-14(8-12(11)2)29-19-15(10-24-29)20(31)27-22(26-19)30-18(9-13(3)28-30)25-21(32)16-6-7-17(23)33-16/h4-10H,1-3H3,(H,25,32)(H,26,27,31). The number of carbonyl (C=O) groups is 1. The summed E-state index contributed by atoms with van der Waals surface area (Å²) in [5.41, 5.74) is 3.65. The van der Waals surface area contributed by atoms with E-state index in [4.69, 9.17) is 4.42 Å². The number of hydrogen-bond acceptors (Lipinski definition) is 6. The Bertz CT molecular complexity index is 1590. The Hall–Kier alpha value is -3.99. The van der Waals surface area contributed by atoms with Gasteiger partial charge in [0.25, 0.3) is 11.5 Å². The average molecular weight is 508 g/mol. The molecule has 0 saturated heterocycles. The molecule has 11 heteroatoms. The molecule has 0 radical (unpaired) electrons. The fraction of sp³-hybridized carbons (Fsp3) is 0.136. The molecule has 4 heterocycles. The predicted molar refractivity (Wildman–Crippen MR) is 125 cm³/mol. The van der Waals surface area contributed by atoms with E-state index in [-0.39, 0.29) is 17.3 Å². The van der Waals surface area contributed by atoms with Gasteiger partial charge in [-0.2, -0.15) is 19.9 Å². The van der Waals surface area contributed by atoms with Gasteiger partial charge >= 0.3 is 0 Å². The molecular formula is C22H18BrN7O3. The van der Waals surface area contributed by atoms with Crippen molar-refractivity contribution in [1.82, 2.24) is 29.5 Å². The number of anilines is 1. The number of hydrogen-bond donors (Lipinski definition) is 2. The number of furan rings is 1. The van der Waals surface area contributed by atoms with Gasteiger partial charge in [-0.3, -0.25) is 14.6 Å². The number of halogens is 1. The van der Waals surface area contributed by atoms with Crippen molar-refractivity contribution < 1.29 is 9.21 Å². The quantitative estimate of drug-likeness (QED) is 0.381. The molecule has 1 amide bonds. The Balaban J connectivity index is 1.60. The molecule has 2 N–H and O–H groups in total. The monoisotopic (exact) mass is 507 g/mol. The van der Waals surface area contributed by atoms with Crippen LogP contribution in [0, 0.1) is 20.8 Å². The first-order chi connectivity index (χ1) is 15.8. The first-order valence-electron chi connectivity index (χ1n) is 9.99. The van der Waals surface area contributed by atoms with Crippen molar-refractivity contribution in [1.29, 1.82) is 0 Å². The second kappa shape index (κ2) is 7.85. The second-order valence-corrected chi connectivity index (χ2v) is 8.37. The summed E-state index contributed by atoms with van der Waals surface area (Å²) in [6.45, 7) is 5.81. The summed E-state index contributed by atoms with van der Waals surface area (Å²) in [6.07, 6.45) is 1.48. The lowest BCUT2D eigenvalue weighted by molar-refractivity contribution is 0.0994. The number of benzene rings is 1. The number of aryl methyl sites for hydroxylation is 3. The minimum absolute atomic E-state index is 0.122. The molecule has 0 bridgehead atoms. The van der Waals surface area contributed by atoms with E-state index in [1.807, 2.05) is 32.0 Å². The molecule has 0 spiro atoms. The maximum atomic E-state index is 12.8. The molecule has 33 heavy (non-hydrogen) atoms. The summed E-state index contributed by atoms with van der Waals surface area (Å²) in [5, 5.41) is 11.8. The van der Waals surface area contributed by atoms with Gasteiger partial charge in [0, 0.05) is 6.07 Å². The summed E-state index contributed by atoms with van der Waals surface area (Å²) in [4.78, 5) is 32.7. The number of nitrogens with zero attached hydrogens (tertiary/aromatic N) is 5. The lowest BCUT2D eigenvalue weighted by Gasteiger charge is -2.09. The number of nitrogens with one attached hydrogen (secondary N) is 2. The Morgan fingerprint density at radius 1 is 1.09 bits per heavy atom. The predicted octanol–water partition coefficient (Wildman–Crippen LogP) is 3.83. The van der Waals surface area contributed by atoms with Crippen LogP contribution in [0.25, 0.3) is 22.7 Å². The SMILES string of the molecule is Cc1cc(NC(=O)c2ccc(Br)o2)n(-c2nc3c(cnn3-c3ccc(C)c(C)c3)c(=O)[nH]2)n1. The summed E-state index contributed by atoms with van der Waals surface area (Å²) < 4.78 is 8.72. The number of aromatic amines is 1. The number of aromatic nitrogens is 6. The van der Waals surface area contributed by atoms with Gasteiger partial charge in [0.1, 0.15) is 11.2 Å². The molecule has 0 fully saturated rings. The number of rotatable bonds is 4. The van der Waals surface area contributed by atoms with E-state index < -0.39 is 5.91 Å². The molecular weight excluding hydrogens is 490 g/mol. The molecule has 0 atom stereocenters. The summed E-state index contributed by atoms with van der Waals surface area (Å²) in [7, 11) is 0. The zero-order chi connectivity index (χ0) is 23.3. The van der Waals surface area contributed by atoms with Crippen LogP contribution in [0.3, 0.4) is 0 Å². The summed E-state index contributed by atoms with van der Waals surface area (Å²) in [5.74, 6) is 0.120. The smallest absolute Gasteiger partial charge is 0.292 e. The Morgan fingerprint density at radius 3 is 2.64 bits per heavy atom. The van der Waals surface area contributed by atoms with Crippen molar-refractivity contribution in [3.8, 4) is 11.6 Å². The molecule has 0 unspecified atom stereocenters. The molecule has 0 aliphatic carbocycles. The average Bonchev–Trinajstić information content (AvgIpc) is 3.48. The Kier molecular flexibility index (Phi) is 4.97. The van der Waals surface area contributed by atoms with Crippen LogP contribution in [-0.2, 0) is 0 Å². The number of H-pyrrole nitrogens is 1. The van der Waals surface area contributed by atoms with E-state index >= 15 is 0 Å². The van der Waals surface area contributed by atoms with Crippen LogP contribution in [0.2, 0.25) is 0 Å². The van der Waals surface area contributed by atoms with Crippen LogP contribution >= 0.6 is 15.9 Å². The number of fused-ring (bicyclic) bond motifs is 1. The Morgan fingerprint density at radius 2 is 1.91 bits per heavy atom. The molecule has 10 nitrogen and oxygen atoms in total. The molecule has 1 aromatic carbocycles. The maximum absolute atomic E-state index is 12.8. The zero-order valence-electron chi connectivity index (χ0n) is 17.9. The van der Waals surface area contributed by atoms with Crippen molar-refractivity contribution in [3.05, 3.63) is 80.2 Å². The van der Waals surface area contributed by atoms with Gasteiger partial charge in [-0.05, 0) is 72.1 Å². The van der Waals surface area contributed by atoms with E-state index in [0.717, 1.165) is 16.8 Å². The molecule has 166 valence electrons. The van der Waals surface area contributed by atoms with E-state index in [0.29, 0.717) is 27.2 Å². The highest BCUT2D eigenvalue weighted by molar-refractivity contribution is 9.10. The molecule has 5 aromatic rings. The van der Waals surface area contributed by atoms with E-state index in [2.05, 4.69) is 41.4 Å². The minimum Gasteiger partial charge on any atom is -0.444 e. The fourth-order valence-corrected chi connectivity index (χ4v) is 3.72. The maximum Gasteiger partial charge on any atom is 0.292 e. The van der Waals surface area contributed by atoms with Crippen LogP contribution in [-0.4, -0.2) is 35.4 Å². The third kappa shape index (κ3) is 3.76. The van der Waals surface area contributed by atoms with Crippen molar-refractivity contribution in [3.63, 3.8) is 0 Å². The van der Waals surface area contributed by atoms with E-state index in [1.54, 1.807) is 29.8 Å². The van der Waals surface area contributed by atoms with Crippen LogP contribution in [0.5, 0.6) is 0 Å². The normalized spacial score (nSPS) is 11.3. The van der Waals surface area contributed by atoms with E-state index in [1.165, 1.54) is 10.9 Å². The fourth-order valence-electron chi connectivity index (χ4n) is 3.42. The number of amides is 1. The second-order valence-electron chi connectivity index (χ2n) is 7.59. The van der Waals surface area contributed by atoms with Gasteiger partial charge in [-0.15, -0.1) is 0 Å². The van der Waals surface area contributed by atoms with Crippen molar-refractivity contribution in [2.24, 2.45) is 0 Å². The van der Waals surface area contributed by atoms with Crippen molar-refractivity contribution in [2.75, 3.05) is 5.32 Å². The van der Waals surface area contributed by atoms with Crippen LogP contribution < -0.4 is 10.9 Å². The van der Waals surface area contributed by atoms with Gasteiger partial charge in [0.05, 0.1) is 17.6 Å². The minimum atomic E-state index is -0.467. The summed E-state index contributed by atoms with van der Waals surface area (Å²) >= 11 is 3.18. The van der Waals surface area contributed by atoms with Crippen LogP contribution in [0.1, 0.15) is 27.4 Å². The van der Waals surface area contributed by atoms with Gasteiger partial charge < -0.3 is 9.73 Å². The van der Waals surface area contributed by atoms with Gasteiger partial charge in [0.2, 0.25) is 5.95 Å². The first kappa shape index (κ1) is 20.9. The van der Waals surface area contributed by atoms with E-state index in [9.17, 15) is 9.59 Å². The molecule has 4 aromatic heterocycles. The van der Waals surface area contributed by atoms with Crippen LogP contribution in [0.15, 0.2) is 56.5 Å². The lowest BCUT2D eigenvalue weighted by Crippen LogP contribution is -2.19. The van der Waals surface area contributed by atoms with Crippen LogP contribution in [0.4, 0.5) is 5.82 Å². The molecule has 0 saturated carbocycles. The van der Waals surface area contributed by atoms with Gasteiger partial charge in [-0.25, -0.2) is 4.68 Å². The van der Waals surface area contributed by atoms with Crippen molar-refractivity contribution >= 4 is 38.7 Å². The summed E-state index contributed by atoms with van der Waals surface area (Å²) in [6, 6.07) is 10.7. The topological polar surface area (TPSA) is 124 Å². The van der Waals surface area contributed by atoms with Gasteiger partial charge in [0.15, 0.2) is 16.1 Å². The Labute approximate surface area is 195 Å². The highest BCUT2D eigenvalue weighted by Crippen LogP contribution is 2.21. The first-order valence-corrected chi connectivity index (χ1v) is 10.8. The van der Waals surface area contributed by atoms with Gasteiger partial charge in [-0.1, -0.05) is 6.07 Å². The van der Waals surface area contributed by atoms with Crippen molar-refractivity contribution in [2.45, 2.75) is 20.8 Å². The highest BCUT2D eigenvalue weighted by atomic mass is 79.9. The molecule has 0 aliphatic rings. The zero-order valence-corrected chi connectivity index (χ0v) is 19.5.